The summed E-state index contributed by atoms with van der Waals surface area (Å²) in [6, 6.07) is 15.9. The molecule has 0 radical (unpaired) electrons. The van der Waals surface area contributed by atoms with Gasteiger partial charge < -0.3 is 20.3 Å². The molecular weight excluding hydrogens is 452 g/mol. The minimum absolute atomic E-state index is 0.106. The normalized spacial score (nSPS) is 13.6. The van der Waals surface area contributed by atoms with Crippen LogP contribution in [0.15, 0.2) is 61.1 Å². The number of aromatic nitrogens is 3. The van der Waals surface area contributed by atoms with Gasteiger partial charge in [-0.25, -0.2) is 9.97 Å². The summed E-state index contributed by atoms with van der Waals surface area (Å²) in [6.07, 6.45) is 4.17. The number of hydrogen-bond donors (Lipinski definition) is 2. The first-order valence-electron chi connectivity index (χ1n) is 12.2. The summed E-state index contributed by atoms with van der Waals surface area (Å²) < 4.78 is 5.85. The van der Waals surface area contributed by atoms with Gasteiger partial charge >= 0.3 is 0 Å². The average molecular weight is 483 g/mol. The van der Waals surface area contributed by atoms with Crippen LogP contribution in [0.4, 0.5) is 11.5 Å². The molecule has 2 aromatic carbocycles. The Hall–Kier alpha value is -4.20. The van der Waals surface area contributed by atoms with E-state index in [0.29, 0.717) is 12.2 Å². The average Bonchev–Trinajstić information content (AvgIpc) is 2.92. The number of rotatable bonds is 7. The number of pyridine rings is 1. The van der Waals surface area contributed by atoms with E-state index in [0.717, 1.165) is 64.5 Å². The minimum Gasteiger partial charge on any atom is -0.490 e. The van der Waals surface area contributed by atoms with Crippen molar-refractivity contribution in [1.82, 2.24) is 20.3 Å². The Kier molecular flexibility index (Phi) is 6.66. The molecule has 1 amide bonds. The van der Waals surface area contributed by atoms with E-state index < -0.39 is 0 Å². The van der Waals surface area contributed by atoms with Gasteiger partial charge in [0.15, 0.2) is 0 Å². The molecule has 8 heteroatoms. The highest BCUT2D eigenvalue weighted by Gasteiger charge is 2.17. The molecule has 184 valence electrons. The van der Waals surface area contributed by atoms with Crippen molar-refractivity contribution in [2.45, 2.75) is 19.3 Å². The van der Waals surface area contributed by atoms with Crippen LogP contribution >= 0.6 is 0 Å². The van der Waals surface area contributed by atoms with Crippen molar-refractivity contribution in [2.75, 3.05) is 44.0 Å². The van der Waals surface area contributed by atoms with Gasteiger partial charge in [0, 0.05) is 43.9 Å². The maximum Gasteiger partial charge on any atom is 0.251 e. The molecule has 0 aliphatic carbocycles. The number of nitrogens with one attached hydrogen (secondary N) is 2. The van der Waals surface area contributed by atoms with E-state index >= 15 is 0 Å². The van der Waals surface area contributed by atoms with Gasteiger partial charge in [-0.3, -0.25) is 9.78 Å². The fourth-order valence-electron chi connectivity index (χ4n) is 4.63. The van der Waals surface area contributed by atoms with Crippen molar-refractivity contribution in [3.8, 4) is 17.0 Å². The maximum absolute atomic E-state index is 12.3. The van der Waals surface area contributed by atoms with E-state index in [4.69, 9.17) is 4.74 Å². The van der Waals surface area contributed by atoms with E-state index in [2.05, 4.69) is 62.7 Å². The molecule has 2 aromatic heterocycles. The number of benzene rings is 2. The Balaban J connectivity index is 1.28. The zero-order chi connectivity index (χ0) is 25.1. The van der Waals surface area contributed by atoms with E-state index in [9.17, 15) is 4.79 Å². The predicted octanol–water partition coefficient (Wildman–Crippen LogP) is 4.49. The van der Waals surface area contributed by atoms with Crippen molar-refractivity contribution in [3.63, 3.8) is 0 Å². The fourth-order valence-corrected chi connectivity index (χ4v) is 4.63. The van der Waals surface area contributed by atoms with Gasteiger partial charge in [-0.15, -0.1) is 0 Å². The first-order valence-corrected chi connectivity index (χ1v) is 12.2. The highest BCUT2D eigenvalue weighted by molar-refractivity contribution is 6.06. The van der Waals surface area contributed by atoms with Crippen LogP contribution in [-0.4, -0.2) is 54.7 Å². The second-order valence-electron chi connectivity index (χ2n) is 9.04. The lowest BCUT2D eigenvalue weighted by Gasteiger charge is -2.27. The summed E-state index contributed by atoms with van der Waals surface area (Å²) in [7, 11) is 3.72. The molecule has 0 saturated carbocycles. The molecule has 0 bridgehead atoms. The molecule has 3 heterocycles. The number of carbonyl (C=O) groups is 1. The number of anilines is 2. The van der Waals surface area contributed by atoms with Crippen molar-refractivity contribution in [1.29, 1.82) is 0 Å². The van der Waals surface area contributed by atoms with E-state index in [1.807, 2.05) is 24.3 Å². The lowest BCUT2D eigenvalue weighted by atomic mass is 9.93. The number of ether oxygens (including phenoxy) is 1. The molecule has 1 atom stereocenters. The summed E-state index contributed by atoms with van der Waals surface area (Å²) in [5, 5.41) is 7.02. The van der Waals surface area contributed by atoms with Crippen LogP contribution in [0.1, 0.15) is 35.2 Å². The van der Waals surface area contributed by atoms with Gasteiger partial charge in [0.2, 0.25) is 0 Å². The number of para-hydroxylation sites is 1. The van der Waals surface area contributed by atoms with Crippen LogP contribution in [-0.2, 0) is 0 Å². The molecule has 0 spiro atoms. The van der Waals surface area contributed by atoms with Gasteiger partial charge in [0.05, 0.1) is 29.0 Å². The van der Waals surface area contributed by atoms with Crippen LogP contribution in [0.25, 0.3) is 22.2 Å². The molecule has 1 aliphatic heterocycles. The largest absolute Gasteiger partial charge is 0.490 e. The quantitative estimate of drug-likeness (QED) is 0.401. The topological polar surface area (TPSA) is 92.3 Å². The smallest absolute Gasteiger partial charge is 0.251 e. The molecule has 0 saturated heterocycles. The maximum atomic E-state index is 12.3. The van der Waals surface area contributed by atoms with Crippen LogP contribution in [0.3, 0.4) is 0 Å². The lowest BCUT2D eigenvalue weighted by Crippen LogP contribution is -2.28. The zero-order valence-electron chi connectivity index (χ0n) is 20.8. The van der Waals surface area contributed by atoms with Gasteiger partial charge in [-0.2, -0.15) is 0 Å². The molecule has 1 unspecified atom stereocenters. The Morgan fingerprint density at radius 3 is 2.89 bits per heavy atom. The monoisotopic (exact) mass is 482 g/mol. The summed E-state index contributed by atoms with van der Waals surface area (Å²) in [4.78, 5) is 27.9. The third-order valence-corrected chi connectivity index (χ3v) is 6.71. The molecule has 4 aromatic rings. The molecule has 36 heavy (non-hydrogen) atoms. The highest BCUT2D eigenvalue weighted by atomic mass is 16.5. The van der Waals surface area contributed by atoms with E-state index in [1.165, 1.54) is 0 Å². The van der Waals surface area contributed by atoms with Crippen molar-refractivity contribution in [2.24, 2.45) is 0 Å². The third kappa shape index (κ3) is 4.66. The van der Waals surface area contributed by atoms with Gasteiger partial charge in [-0.1, -0.05) is 31.2 Å². The van der Waals surface area contributed by atoms with E-state index in [1.54, 1.807) is 25.6 Å². The van der Waals surface area contributed by atoms with Crippen molar-refractivity contribution >= 4 is 28.3 Å². The van der Waals surface area contributed by atoms with Gasteiger partial charge in [-0.05, 0) is 36.1 Å². The van der Waals surface area contributed by atoms with Gasteiger partial charge in [0.25, 0.3) is 5.91 Å². The lowest BCUT2D eigenvalue weighted by molar-refractivity contribution is 0.0964. The Morgan fingerprint density at radius 1 is 1.14 bits per heavy atom. The number of hydrogen-bond acceptors (Lipinski definition) is 7. The first-order chi connectivity index (χ1) is 17.5. The number of likely N-dealkylation sites (N-methyl/N-ethyl adjacent to an activating group) is 1. The van der Waals surface area contributed by atoms with Crippen LogP contribution in [0, 0.1) is 0 Å². The molecular formula is C28H30N6O2. The highest BCUT2D eigenvalue weighted by Crippen LogP contribution is 2.34. The zero-order valence-corrected chi connectivity index (χ0v) is 20.8. The Morgan fingerprint density at radius 2 is 2.03 bits per heavy atom. The predicted molar refractivity (Wildman–Crippen MR) is 143 cm³/mol. The van der Waals surface area contributed by atoms with Crippen LogP contribution in [0.2, 0.25) is 0 Å². The molecule has 5 rings (SSSR count). The third-order valence-electron chi connectivity index (χ3n) is 6.71. The standard InChI is InChI=1S/C28H30N6O2/c1-18(20-5-4-6-21-22(28(35)29-2)10-12-31-27(20)21)9-11-30-26-16-23(32-17-33-26)19-7-8-24-25(15-19)36-14-13-34(24)3/h4-8,10,12,15-18H,9,11,13-14H2,1-3H3,(H,29,35)(H,30,32,33). The Labute approximate surface area is 210 Å². The SMILES string of the molecule is CNC(=O)c1ccnc2c(C(C)CCNc3cc(-c4ccc5c(c4)OCCN5C)ncn3)cccc12. The summed E-state index contributed by atoms with van der Waals surface area (Å²) in [6.45, 7) is 4.49. The second kappa shape index (κ2) is 10.2. The number of nitrogens with zero attached hydrogens (tertiary/aromatic N) is 4. The molecule has 8 nitrogen and oxygen atoms in total. The van der Waals surface area contributed by atoms with E-state index in [-0.39, 0.29) is 11.8 Å². The first kappa shape index (κ1) is 23.5. The minimum atomic E-state index is -0.106. The number of amides is 1. The number of fused-ring (bicyclic) bond motifs is 2. The fraction of sp³-hybridized carbons (Fsp3) is 0.286. The summed E-state index contributed by atoms with van der Waals surface area (Å²) in [5.41, 5.74) is 5.58. The van der Waals surface area contributed by atoms with Crippen LogP contribution in [0.5, 0.6) is 5.75 Å². The molecule has 1 aliphatic rings. The van der Waals surface area contributed by atoms with Crippen LogP contribution < -0.4 is 20.3 Å². The van der Waals surface area contributed by atoms with Gasteiger partial charge in [0.1, 0.15) is 24.5 Å². The summed E-state index contributed by atoms with van der Waals surface area (Å²) in [5.74, 6) is 1.79. The Bertz CT molecular complexity index is 1410. The van der Waals surface area contributed by atoms with Crippen molar-refractivity contribution < 1.29 is 9.53 Å². The second-order valence-corrected chi connectivity index (χ2v) is 9.04. The van der Waals surface area contributed by atoms with Crippen molar-refractivity contribution in [3.05, 3.63) is 72.2 Å². The summed E-state index contributed by atoms with van der Waals surface area (Å²) >= 11 is 0. The molecule has 0 fully saturated rings. The number of carbonyl (C=O) groups excluding carboxylic acids is 1. The molecule has 2 N–H and O–H groups in total.